The van der Waals surface area contributed by atoms with E-state index in [1.54, 1.807) is 0 Å². The molecule has 2 heterocycles. The molecule has 4 aromatic rings. The summed E-state index contributed by atoms with van der Waals surface area (Å²) >= 11 is 0. The van der Waals surface area contributed by atoms with E-state index in [1.165, 1.54) is 11.1 Å². The Morgan fingerprint density at radius 3 is 2.53 bits per heavy atom. The zero-order valence-electron chi connectivity index (χ0n) is 21.6. The van der Waals surface area contributed by atoms with Crippen LogP contribution in [0.4, 0.5) is 11.6 Å². The fourth-order valence-electron chi connectivity index (χ4n) is 5.33. The summed E-state index contributed by atoms with van der Waals surface area (Å²) in [7, 11) is 0. The monoisotopic (exact) mass is 509 g/mol. The first-order chi connectivity index (χ1) is 18.5. The summed E-state index contributed by atoms with van der Waals surface area (Å²) in [6, 6.07) is 14.6. The number of carbonyl (C=O) groups excluding carboxylic acids is 1. The molecule has 0 saturated carbocycles. The van der Waals surface area contributed by atoms with E-state index in [4.69, 9.17) is 4.74 Å². The zero-order valence-corrected chi connectivity index (χ0v) is 21.6. The number of aryl methyl sites for hydroxylation is 1. The maximum absolute atomic E-state index is 13.1. The number of benzene rings is 2. The van der Waals surface area contributed by atoms with Crippen molar-refractivity contribution in [1.29, 1.82) is 0 Å². The molecule has 2 aliphatic carbocycles. The van der Waals surface area contributed by atoms with Gasteiger partial charge >= 0.3 is 0 Å². The van der Waals surface area contributed by atoms with Crippen molar-refractivity contribution in [3.05, 3.63) is 77.4 Å². The molecule has 0 spiro atoms. The average molecular weight is 510 g/mol. The lowest BCUT2D eigenvalue weighted by Gasteiger charge is -2.21. The van der Waals surface area contributed by atoms with Crippen LogP contribution in [0, 0.1) is 5.92 Å². The number of ether oxygens (including phenoxy) is 1. The SMILES string of the molecule is CC(C)Oc1cc(NC(=O)[C@H]2CCc3[nH]nnc3C2)cc(-c2cnc(NC3Cc4ccccc4C3)nc2)c1. The molecule has 0 radical (unpaired) electrons. The van der Waals surface area contributed by atoms with Crippen molar-refractivity contribution in [3.63, 3.8) is 0 Å². The largest absolute Gasteiger partial charge is 0.491 e. The van der Waals surface area contributed by atoms with E-state index in [9.17, 15) is 4.79 Å². The quantitative estimate of drug-likeness (QED) is 0.339. The van der Waals surface area contributed by atoms with Gasteiger partial charge in [-0.1, -0.05) is 29.5 Å². The van der Waals surface area contributed by atoms with Gasteiger partial charge in [0.25, 0.3) is 0 Å². The van der Waals surface area contributed by atoms with Crippen molar-refractivity contribution in [2.24, 2.45) is 5.92 Å². The van der Waals surface area contributed by atoms with Gasteiger partial charge in [-0.3, -0.25) is 9.89 Å². The molecule has 2 aromatic carbocycles. The molecule has 1 amide bonds. The number of nitrogens with zero attached hydrogens (tertiary/aromatic N) is 4. The fraction of sp³-hybridized carbons (Fsp3) is 0.345. The van der Waals surface area contributed by atoms with Crippen molar-refractivity contribution in [3.8, 4) is 16.9 Å². The first-order valence-electron chi connectivity index (χ1n) is 13.2. The summed E-state index contributed by atoms with van der Waals surface area (Å²) in [5, 5.41) is 17.5. The number of fused-ring (bicyclic) bond motifs is 2. The van der Waals surface area contributed by atoms with E-state index in [0.29, 0.717) is 23.8 Å². The molecule has 0 fully saturated rings. The number of hydrogen-bond donors (Lipinski definition) is 3. The van der Waals surface area contributed by atoms with Crippen LogP contribution in [0.3, 0.4) is 0 Å². The van der Waals surface area contributed by atoms with E-state index in [0.717, 1.165) is 48.2 Å². The predicted octanol–water partition coefficient (Wildman–Crippen LogP) is 4.37. The fourth-order valence-corrected chi connectivity index (χ4v) is 5.33. The van der Waals surface area contributed by atoms with Gasteiger partial charge in [-0.15, -0.1) is 5.10 Å². The van der Waals surface area contributed by atoms with Gasteiger partial charge in [0.1, 0.15) is 5.75 Å². The van der Waals surface area contributed by atoms with Crippen LogP contribution in [0.5, 0.6) is 5.75 Å². The minimum atomic E-state index is -0.152. The highest BCUT2D eigenvalue weighted by Crippen LogP contribution is 2.31. The summed E-state index contributed by atoms with van der Waals surface area (Å²) in [6.45, 7) is 3.96. The Kier molecular flexibility index (Phi) is 6.49. The Morgan fingerprint density at radius 1 is 1.03 bits per heavy atom. The molecule has 0 bridgehead atoms. The van der Waals surface area contributed by atoms with Gasteiger partial charge in [0, 0.05) is 48.1 Å². The average Bonchev–Trinajstić information content (AvgIpc) is 3.54. The molecule has 3 N–H and O–H groups in total. The topological polar surface area (TPSA) is 118 Å². The van der Waals surface area contributed by atoms with Gasteiger partial charge in [-0.25, -0.2) is 9.97 Å². The number of nitrogens with one attached hydrogen (secondary N) is 3. The van der Waals surface area contributed by atoms with Crippen molar-refractivity contribution < 1.29 is 9.53 Å². The molecule has 1 atom stereocenters. The van der Waals surface area contributed by atoms with E-state index in [2.05, 4.69) is 60.3 Å². The van der Waals surface area contributed by atoms with Gasteiger partial charge in [-0.05, 0) is 68.4 Å². The summed E-state index contributed by atoms with van der Waals surface area (Å²) in [6.07, 6.45) is 7.67. The van der Waals surface area contributed by atoms with E-state index < -0.39 is 0 Å². The van der Waals surface area contributed by atoms with Crippen LogP contribution in [0.2, 0.25) is 0 Å². The molecule has 0 saturated heterocycles. The molecule has 2 aromatic heterocycles. The second-order valence-electron chi connectivity index (χ2n) is 10.4. The summed E-state index contributed by atoms with van der Waals surface area (Å²) in [5.41, 5.74) is 7.07. The number of amides is 1. The van der Waals surface area contributed by atoms with Gasteiger partial charge in [0.15, 0.2) is 0 Å². The smallest absolute Gasteiger partial charge is 0.227 e. The normalized spacial score (nSPS) is 16.7. The molecule has 9 heteroatoms. The van der Waals surface area contributed by atoms with Crippen LogP contribution in [-0.2, 0) is 30.5 Å². The predicted molar refractivity (Wildman–Crippen MR) is 145 cm³/mol. The third-order valence-corrected chi connectivity index (χ3v) is 7.17. The highest BCUT2D eigenvalue weighted by Gasteiger charge is 2.27. The summed E-state index contributed by atoms with van der Waals surface area (Å²) < 4.78 is 6.00. The summed E-state index contributed by atoms with van der Waals surface area (Å²) in [4.78, 5) is 22.3. The van der Waals surface area contributed by atoms with Gasteiger partial charge in [0.2, 0.25) is 11.9 Å². The van der Waals surface area contributed by atoms with Crippen LogP contribution in [0.15, 0.2) is 54.9 Å². The number of hydrogen-bond acceptors (Lipinski definition) is 7. The Morgan fingerprint density at radius 2 is 1.79 bits per heavy atom. The highest BCUT2D eigenvalue weighted by molar-refractivity contribution is 5.93. The molecule has 2 aliphatic rings. The van der Waals surface area contributed by atoms with Gasteiger partial charge in [-0.2, -0.15) is 0 Å². The maximum atomic E-state index is 13.1. The van der Waals surface area contributed by atoms with Gasteiger partial charge < -0.3 is 15.4 Å². The van der Waals surface area contributed by atoms with Crippen LogP contribution < -0.4 is 15.4 Å². The van der Waals surface area contributed by atoms with Crippen LogP contribution in [-0.4, -0.2) is 43.4 Å². The number of carbonyl (C=O) groups is 1. The number of aromatic nitrogens is 5. The third-order valence-electron chi connectivity index (χ3n) is 7.17. The Hall–Kier alpha value is -4.27. The maximum Gasteiger partial charge on any atom is 0.227 e. The van der Waals surface area contributed by atoms with Crippen LogP contribution in [0.25, 0.3) is 11.1 Å². The molecule has 0 unspecified atom stereocenters. The summed E-state index contributed by atoms with van der Waals surface area (Å²) in [5.74, 6) is 1.11. The zero-order chi connectivity index (χ0) is 26.1. The second kappa shape index (κ2) is 10.2. The first-order valence-corrected chi connectivity index (χ1v) is 13.2. The standard InChI is InChI=1S/C29H31N7O2/c1-17(2)38-25-12-21(11-24(14-25)32-28(37)20-7-8-26-27(13-20)35-36-34-26)22-15-30-29(31-16-22)33-23-9-18-5-3-4-6-19(18)10-23/h3-6,11-12,14-17,20,23H,7-10,13H2,1-2H3,(H,32,37)(H,30,31,33)(H,34,35,36)/t20-/m0/s1. The van der Waals surface area contributed by atoms with Crippen molar-refractivity contribution in [2.45, 2.75) is 58.1 Å². The highest BCUT2D eigenvalue weighted by atomic mass is 16.5. The molecular weight excluding hydrogens is 478 g/mol. The lowest BCUT2D eigenvalue weighted by molar-refractivity contribution is -0.120. The molecule has 9 nitrogen and oxygen atoms in total. The molecule has 6 rings (SSSR count). The molecule has 194 valence electrons. The van der Waals surface area contributed by atoms with E-state index in [1.807, 2.05) is 44.4 Å². The lowest BCUT2D eigenvalue weighted by Crippen LogP contribution is -2.28. The van der Waals surface area contributed by atoms with Crippen LogP contribution in [0.1, 0.15) is 42.8 Å². The molecule has 38 heavy (non-hydrogen) atoms. The number of aromatic amines is 1. The number of anilines is 2. The number of rotatable bonds is 7. The van der Waals surface area contributed by atoms with Crippen LogP contribution >= 0.6 is 0 Å². The van der Waals surface area contributed by atoms with Crippen molar-refractivity contribution in [1.82, 2.24) is 25.4 Å². The Balaban J connectivity index is 1.17. The Labute approximate surface area is 221 Å². The van der Waals surface area contributed by atoms with Crippen molar-refractivity contribution >= 4 is 17.5 Å². The van der Waals surface area contributed by atoms with Gasteiger partial charge in [0.05, 0.1) is 17.5 Å². The first kappa shape index (κ1) is 24.1. The Bertz CT molecular complexity index is 1420. The second-order valence-corrected chi connectivity index (χ2v) is 10.4. The third kappa shape index (κ3) is 5.22. The van der Waals surface area contributed by atoms with E-state index >= 15 is 0 Å². The van der Waals surface area contributed by atoms with E-state index in [-0.39, 0.29) is 24.0 Å². The minimum absolute atomic E-state index is 0.00362. The van der Waals surface area contributed by atoms with Crippen molar-refractivity contribution in [2.75, 3.05) is 10.6 Å². The lowest BCUT2D eigenvalue weighted by atomic mass is 9.89. The molecule has 0 aliphatic heterocycles. The minimum Gasteiger partial charge on any atom is -0.491 e. The molecular formula is C29H31N7O2. The number of H-pyrrole nitrogens is 1.